The van der Waals surface area contributed by atoms with Crippen LogP contribution in [0.2, 0.25) is 0 Å². The first-order valence-corrected chi connectivity index (χ1v) is 15.6. The molecule has 40 heavy (non-hydrogen) atoms. The summed E-state index contributed by atoms with van der Waals surface area (Å²) in [5.41, 5.74) is 2.29. The number of aromatic nitrogens is 3. The molecule has 11 nitrogen and oxygen atoms in total. The molecule has 1 aliphatic rings. The van der Waals surface area contributed by atoms with Crippen LogP contribution >= 0.6 is 0 Å². The Balaban J connectivity index is 1.27. The molecule has 0 atom stereocenters. The lowest BCUT2D eigenvalue weighted by Gasteiger charge is -2.38. The first-order valence-electron chi connectivity index (χ1n) is 13.8. The fraction of sp³-hybridized carbons (Fsp3) is 0.464. The molecule has 0 spiro atoms. The molecule has 1 fully saturated rings. The number of nitrogens with one attached hydrogen (secondary N) is 2. The van der Waals surface area contributed by atoms with Crippen molar-refractivity contribution in [2.45, 2.75) is 58.7 Å². The number of rotatable bonds is 12. The maximum atomic E-state index is 13.1. The molecule has 0 unspecified atom stereocenters. The number of benzene rings is 1. The first kappa shape index (κ1) is 29.3. The number of hydrogen-bond donors (Lipinski definition) is 2. The Hall–Kier alpha value is -3.64. The molecule has 0 saturated carbocycles. The Morgan fingerprint density at radius 1 is 1.07 bits per heavy atom. The van der Waals surface area contributed by atoms with Crippen LogP contribution < -0.4 is 14.8 Å². The monoisotopic (exact) mass is 569 g/mol. The number of nitrogens with zero attached hydrogens (tertiary/aromatic N) is 5. The molecule has 12 heteroatoms. The molecule has 1 aromatic carbocycles. The van der Waals surface area contributed by atoms with E-state index >= 15 is 0 Å². The van der Waals surface area contributed by atoms with Gasteiger partial charge < -0.3 is 15.0 Å². The van der Waals surface area contributed by atoms with E-state index in [1.54, 1.807) is 35.1 Å². The van der Waals surface area contributed by atoms with Gasteiger partial charge in [-0.15, -0.1) is 0 Å². The quantitative estimate of drug-likeness (QED) is 0.323. The second-order valence-corrected chi connectivity index (χ2v) is 11.8. The standard InChI is InChI=1S/C28H39N7O4S/c1-4-6-15-35(28(36)31-24-19-30-34(5-2)21-24)25-13-16-33(17-14-25)20-22-7-12-27(29-18-22)39-26-10-8-23(9-11-26)32-40(3,37)38/h7-12,18-19,21,25,32H,4-6,13-17,20H2,1-3H3,(H,31,36). The van der Waals surface area contributed by atoms with E-state index in [1.807, 2.05) is 36.4 Å². The van der Waals surface area contributed by atoms with Gasteiger partial charge in [0.15, 0.2) is 0 Å². The normalized spacial score (nSPS) is 14.6. The third-order valence-electron chi connectivity index (χ3n) is 6.80. The summed E-state index contributed by atoms with van der Waals surface area (Å²) < 4.78 is 32.7. The van der Waals surface area contributed by atoms with Crippen LogP contribution in [0.4, 0.5) is 16.2 Å². The largest absolute Gasteiger partial charge is 0.439 e. The minimum atomic E-state index is -3.32. The second kappa shape index (κ2) is 13.6. The molecule has 1 aliphatic heterocycles. The van der Waals surface area contributed by atoms with Crippen LogP contribution in [0, 0.1) is 0 Å². The predicted octanol–water partition coefficient (Wildman–Crippen LogP) is 4.76. The fourth-order valence-electron chi connectivity index (χ4n) is 4.71. The van der Waals surface area contributed by atoms with Crippen LogP contribution in [0.3, 0.4) is 0 Å². The number of unbranched alkanes of at least 4 members (excludes halogenated alkanes) is 1. The van der Waals surface area contributed by atoms with Gasteiger partial charge >= 0.3 is 6.03 Å². The van der Waals surface area contributed by atoms with Gasteiger partial charge in [0.05, 0.1) is 18.1 Å². The highest BCUT2D eigenvalue weighted by Crippen LogP contribution is 2.24. The van der Waals surface area contributed by atoms with E-state index in [9.17, 15) is 13.2 Å². The van der Waals surface area contributed by atoms with Crippen molar-refractivity contribution < 1.29 is 17.9 Å². The van der Waals surface area contributed by atoms with Crippen molar-refractivity contribution in [2.24, 2.45) is 0 Å². The number of anilines is 2. The lowest BCUT2D eigenvalue weighted by molar-refractivity contribution is 0.122. The van der Waals surface area contributed by atoms with Gasteiger partial charge in [0.25, 0.3) is 0 Å². The van der Waals surface area contributed by atoms with Gasteiger partial charge in [0.2, 0.25) is 15.9 Å². The smallest absolute Gasteiger partial charge is 0.322 e. The van der Waals surface area contributed by atoms with E-state index < -0.39 is 10.0 Å². The molecule has 0 bridgehead atoms. The Kier molecular flexibility index (Phi) is 9.99. The molecular formula is C28H39N7O4S. The van der Waals surface area contributed by atoms with Crippen molar-refractivity contribution in [1.29, 1.82) is 0 Å². The van der Waals surface area contributed by atoms with Gasteiger partial charge in [0.1, 0.15) is 5.75 Å². The third kappa shape index (κ3) is 8.68. The molecule has 0 radical (unpaired) electrons. The summed E-state index contributed by atoms with van der Waals surface area (Å²) in [5, 5.41) is 7.29. The molecule has 1 saturated heterocycles. The number of ether oxygens (including phenoxy) is 1. The van der Waals surface area contributed by atoms with E-state index in [0.717, 1.165) is 75.9 Å². The van der Waals surface area contributed by atoms with Gasteiger partial charge in [-0.3, -0.25) is 14.3 Å². The highest BCUT2D eigenvalue weighted by Gasteiger charge is 2.28. The van der Waals surface area contributed by atoms with Crippen molar-refractivity contribution in [3.63, 3.8) is 0 Å². The van der Waals surface area contributed by atoms with Crippen molar-refractivity contribution in [1.82, 2.24) is 24.6 Å². The van der Waals surface area contributed by atoms with Crippen LogP contribution in [-0.2, 0) is 23.1 Å². The maximum Gasteiger partial charge on any atom is 0.322 e. The average molecular weight is 570 g/mol. The molecule has 3 heterocycles. The summed E-state index contributed by atoms with van der Waals surface area (Å²) in [6.07, 6.45) is 10.3. The van der Waals surface area contributed by atoms with E-state index in [0.29, 0.717) is 17.3 Å². The highest BCUT2D eigenvalue weighted by molar-refractivity contribution is 7.92. The van der Waals surface area contributed by atoms with Gasteiger partial charge in [-0.2, -0.15) is 5.10 Å². The number of aryl methyl sites for hydroxylation is 1. The Morgan fingerprint density at radius 3 is 2.42 bits per heavy atom. The molecule has 216 valence electrons. The van der Waals surface area contributed by atoms with Crippen LogP contribution in [-0.4, -0.2) is 70.9 Å². The summed E-state index contributed by atoms with van der Waals surface area (Å²) in [7, 11) is -3.32. The number of urea groups is 1. The summed E-state index contributed by atoms with van der Waals surface area (Å²) in [5.74, 6) is 1.03. The molecule has 2 amide bonds. The zero-order chi connectivity index (χ0) is 28.5. The lowest BCUT2D eigenvalue weighted by Crippen LogP contribution is -2.49. The highest BCUT2D eigenvalue weighted by atomic mass is 32.2. The third-order valence-corrected chi connectivity index (χ3v) is 7.41. The zero-order valence-corrected chi connectivity index (χ0v) is 24.2. The van der Waals surface area contributed by atoms with E-state index in [1.165, 1.54) is 0 Å². The number of carbonyl (C=O) groups is 1. The van der Waals surface area contributed by atoms with Gasteiger partial charge in [-0.05, 0) is 56.0 Å². The van der Waals surface area contributed by atoms with Crippen molar-refractivity contribution >= 4 is 27.4 Å². The van der Waals surface area contributed by atoms with Crippen LogP contribution in [0.1, 0.15) is 45.1 Å². The zero-order valence-electron chi connectivity index (χ0n) is 23.4. The molecule has 3 aromatic rings. The van der Waals surface area contributed by atoms with Crippen molar-refractivity contribution in [3.05, 3.63) is 60.6 Å². The Bertz CT molecular complexity index is 1340. The number of pyridine rings is 1. The van der Waals surface area contributed by atoms with E-state index in [2.05, 4.69) is 31.9 Å². The Morgan fingerprint density at radius 2 is 1.82 bits per heavy atom. The van der Waals surface area contributed by atoms with Crippen molar-refractivity contribution in [2.75, 3.05) is 35.9 Å². The summed E-state index contributed by atoms with van der Waals surface area (Å²) in [6, 6.07) is 10.7. The average Bonchev–Trinajstić information content (AvgIpc) is 3.38. The lowest BCUT2D eigenvalue weighted by atomic mass is 10.0. The van der Waals surface area contributed by atoms with Gasteiger partial charge in [-0.25, -0.2) is 18.2 Å². The molecule has 0 aliphatic carbocycles. The fourth-order valence-corrected chi connectivity index (χ4v) is 5.28. The van der Waals surface area contributed by atoms with Crippen LogP contribution in [0.25, 0.3) is 0 Å². The van der Waals surface area contributed by atoms with Crippen LogP contribution in [0.5, 0.6) is 11.6 Å². The van der Waals surface area contributed by atoms with Crippen molar-refractivity contribution in [3.8, 4) is 11.6 Å². The molecular weight excluding hydrogens is 530 g/mol. The van der Waals surface area contributed by atoms with E-state index in [4.69, 9.17) is 4.74 Å². The van der Waals surface area contributed by atoms with Gasteiger partial charge in [-0.1, -0.05) is 19.4 Å². The topological polar surface area (TPSA) is 122 Å². The summed E-state index contributed by atoms with van der Waals surface area (Å²) >= 11 is 0. The first-order chi connectivity index (χ1) is 19.2. The number of sulfonamides is 1. The minimum absolute atomic E-state index is 0.0522. The second-order valence-electron chi connectivity index (χ2n) is 10.1. The number of likely N-dealkylation sites (tertiary alicyclic amines) is 1. The van der Waals surface area contributed by atoms with E-state index in [-0.39, 0.29) is 12.1 Å². The molecule has 2 aromatic heterocycles. The van der Waals surface area contributed by atoms with Crippen LogP contribution in [0.15, 0.2) is 55.0 Å². The Labute approximate surface area is 236 Å². The minimum Gasteiger partial charge on any atom is -0.439 e. The number of hydrogen-bond acceptors (Lipinski definition) is 7. The summed E-state index contributed by atoms with van der Waals surface area (Å²) in [6.45, 7) is 8.26. The predicted molar refractivity (Wildman–Crippen MR) is 156 cm³/mol. The number of amides is 2. The maximum absolute atomic E-state index is 13.1. The SMILES string of the molecule is CCCCN(C(=O)Nc1cnn(CC)c1)C1CCN(Cc2ccc(Oc3ccc(NS(C)(=O)=O)cc3)nc2)CC1. The molecule has 2 N–H and O–H groups in total. The summed E-state index contributed by atoms with van der Waals surface area (Å²) in [4.78, 5) is 22.0. The number of piperidine rings is 1. The van der Waals surface area contributed by atoms with Gasteiger partial charge in [0, 0.05) is 62.9 Å². The number of carbonyl (C=O) groups excluding carboxylic acids is 1. The molecule has 4 rings (SSSR count).